The summed E-state index contributed by atoms with van der Waals surface area (Å²) in [5.41, 5.74) is 0.845. The SMILES string of the molecule is CNC[C@@H](F)[C@@H](Oc1cccc2sccc12)c1ccccc1. The topological polar surface area (TPSA) is 21.3 Å². The van der Waals surface area contributed by atoms with Crippen molar-refractivity contribution in [1.29, 1.82) is 0 Å². The lowest BCUT2D eigenvalue weighted by atomic mass is 10.0. The predicted octanol–water partition coefficient (Wildman–Crippen LogP) is 4.58. The largest absolute Gasteiger partial charge is 0.482 e. The monoisotopic (exact) mass is 315 g/mol. The van der Waals surface area contributed by atoms with E-state index >= 15 is 0 Å². The standard InChI is InChI=1S/C18H18FNOS/c1-20-12-15(19)18(13-6-3-2-4-7-13)21-16-8-5-9-17-14(16)10-11-22-17/h2-11,15,18,20H,12H2,1H3/t15-,18+/m1/s1. The van der Waals surface area contributed by atoms with Crippen LogP contribution in [0.3, 0.4) is 0 Å². The number of hydrogen-bond acceptors (Lipinski definition) is 3. The van der Waals surface area contributed by atoms with Crippen molar-refractivity contribution in [2.45, 2.75) is 12.3 Å². The first-order valence-electron chi connectivity index (χ1n) is 7.26. The molecule has 0 aliphatic carbocycles. The Kier molecular flexibility index (Phi) is 4.71. The first-order valence-corrected chi connectivity index (χ1v) is 8.14. The van der Waals surface area contributed by atoms with Crippen LogP contribution < -0.4 is 10.1 Å². The molecule has 1 heterocycles. The Balaban J connectivity index is 1.94. The normalized spacial score (nSPS) is 13.9. The average molecular weight is 315 g/mol. The molecule has 3 rings (SSSR count). The summed E-state index contributed by atoms with van der Waals surface area (Å²) in [5, 5.41) is 5.94. The quantitative estimate of drug-likeness (QED) is 0.719. The van der Waals surface area contributed by atoms with Crippen LogP contribution in [0.2, 0.25) is 0 Å². The number of ether oxygens (including phenoxy) is 1. The third-order valence-corrected chi connectivity index (χ3v) is 4.45. The minimum atomic E-state index is -1.12. The van der Waals surface area contributed by atoms with Crippen LogP contribution in [0.5, 0.6) is 5.75 Å². The molecule has 0 bridgehead atoms. The maximum atomic E-state index is 14.6. The van der Waals surface area contributed by atoms with Crippen LogP contribution in [0.4, 0.5) is 4.39 Å². The summed E-state index contributed by atoms with van der Waals surface area (Å²) in [6, 6.07) is 17.4. The van der Waals surface area contributed by atoms with Crippen molar-refractivity contribution < 1.29 is 9.13 Å². The molecule has 0 saturated carbocycles. The van der Waals surface area contributed by atoms with Crippen LogP contribution in [0, 0.1) is 0 Å². The number of alkyl halides is 1. The van der Waals surface area contributed by atoms with Gasteiger partial charge in [0, 0.05) is 16.6 Å². The van der Waals surface area contributed by atoms with E-state index in [9.17, 15) is 4.39 Å². The molecule has 0 spiro atoms. The lowest BCUT2D eigenvalue weighted by Gasteiger charge is -2.23. The second kappa shape index (κ2) is 6.90. The molecule has 0 aliphatic rings. The lowest BCUT2D eigenvalue weighted by Crippen LogP contribution is -2.29. The Morgan fingerprint density at radius 1 is 1.09 bits per heavy atom. The highest BCUT2D eigenvalue weighted by Gasteiger charge is 2.25. The van der Waals surface area contributed by atoms with Crippen LogP contribution in [0.15, 0.2) is 60.0 Å². The summed E-state index contributed by atoms with van der Waals surface area (Å²) in [7, 11) is 1.74. The van der Waals surface area contributed by atoms with Crippen LogP contribution in [0.1, 0.15) is 11.7 Å². The molecule has 0 saturated heterocycles. The minimum absolute atomic E-state index is 0.249. The molecule has 22 heavy (non-hydrogen) atoms. The maximum absolute atomic E-state index is 14.6. The Morgan fingerprint density at radius 3 is 2.68 bits per heavy atom. The van der Waals surface area contributed by atoms with Crippen molar-refractivity contribution in [3.8, 4) is 5.75 Å². The molecule has 0 fully saturated rings. The number of rotatable bonds is 6. The molecule has 0 aliphatic heterocycles. The van der Waals surface area contributed by atoms with E-state index in [1.54, 1.807) is 18.4 Å². The smallest absolute Gasteiger partial charge is 0.156 e. The van der Waals surface area contributed by atoms with Gasteiger partial charge in [-0.2, -0.15) is 0 Å². The highest BCUT2D eigenvalue weighted by molar-refractivity contribution is 7.17. The summed E-state index contributed by atoms with van der Waals surface area (Å²) in [5.74, 6) is 0.728. The van der Waals surface area contributed by atoms with Gasteiger partial charge in [-0.25, -0.2) is 4.39 Å². The fraction of sp³-hybridized carbons (Fsp3) is 0.222. The van der Waals surface area contributed by atoms with E-state index in [2.05, 4.69) is 5.32 Å². The van der Waals surface area contributed by atoms with Crippen LogP contribution in [-0.2, 0) is 0 Å². The van der Waals surface area contributed by atoms with Gasteiger partial charge in [0.2, 0.25) is 0 Å². The van der Waals surface area contributed by atoms with Crippen molar-refractivity contribution in [2.24, 2.45) is 0 Å². The Bertz CT molecular complexity index is 728. The molecule has 2 aromatic carbocycles. The molecule has 1 N–H and O–H groups in total. The molecule has 3 aromatic rings. The first kappa shape index (κ1) is 15.0. The number of nitrogens with one attached hydrogen (secondary N) is 1. The van der Waals surface area contributed by atoms with E-state index in [1.807, 2.05) is 60.0 Å². The van der Waals surface area contributed by atoms with E-state index in [1.165, 1.54) is 0 Å². The summed E-state index contributed by atoms with van der Waals surface area (Å²) in [6.45, 7) is 0.249. The summed E-state index contributed by atoms with van der Waals surface area (Å²) >= 11 is 1.66. The molecule has 1 aromatic heterocycles. The number of fused-ring (bicyclic) bond motifs is 1. The van der Waals surface area contributed by atoms with Gasteiger partial charge >= 0.3 is 0 Å². The number of thiophene rings is 1. The summed E-state index contributed by atoms with van der Waals surface area (Å²) in [4.78, 5) is 0. The van der Waals surface area contributed by atoms with Gasteiger partial charge in [0.15, 0.2) is 12.3 Å². The zero-order valence-corrected chi connectivity index (χ0v) is 13.1. The van der Waals surface area contributed by atoms with Gasteiger partial charge in [0.25, 0.3) is 0 Å². The number of hydrogen-bond donors (Lipinski definition) is 1. The zero-order valence-electron chi connectivity index (χ0n) is 12.3. The predicted molar refractivity (Wildman–Crippen MR) is 90.5 cm³/mol. The first-order chi connectivity index (χ1) is 10.8. The lowest BCUT2D eigenvalue weighted by molar-refractivity contribution is 0.102. The third kappa shape index (κ3) is 3.13. The van der Waals surface area contributed by atoms with Crippen molar-refractivity contribution in [1.82, 2.24) is 5.32 Å². The van der Waals surface area contributed by atoms with Gasteiger partial charge in [-0.1, -0.05) is 36.4 Å². The van der Waals surface area contributed by atoms with Gasteiger partial charge in [0.1, 0.15) is 5.75 Å². The van der Waals surface area contributed by atoms with E-state index < -0.39 is 12.3 Å². The van der Waals surface area contributed by atoms with Gasteiger partial charge in [0.05, 0.1) is 0 Å². The molecule has 114 valence electrons. The highest BCUT2D eigenvalue weighted by atomic mass is 32.1. The van der Waals surface area contributed by atoms with Crippen LogP contribution in [-0.4, -0.2) is 19.8 Å². The number of halogens is 1. The second-order valence-corrected chi connectivity index (χ2v) is 6.06. The molecule has 0 radical (unpaired) electrons. The second-order valence-electron chi connectivity index (χ2n) is 5.11. The fourth-order valence-corrected chi connectivity index (χ4v) is 3.30. The number of benzene rings is 2. The Hall–Kier alpha value is -1.91. The summed E-state index contributed by atoms with van der Waals surface area (Å²) < 4.78 is 21.8. The van der Waals surface area contributed by atoms with Gasteiger partial charge < -0.3 is 10.1 Å². The van der Waals surface area contributed by atoms with Crippen molar-refractivity contribution in [2.75, 3.05) is 13.6 Å². The van der Waals surface area contributed by atoms with Crippen LogP contribution in [0.25, 0.3) is 10.1 Å². The minimum Gasteiger partial charge on any atom is -0.482 e. The maximum Gasteiger partial charge on any atom is 0.156 e. The van der Waals surface area contributed by atoms with E-state index in [4.69, 9.17) is 4.74 Å². The van der Waals surface area contributed by atoms with Crippen molar-refractivity contribution in [3.05, 3.63) is 65.5 Å². The molecule has 0 amide bonds. The Morgan fingerprint density at radius 2 is 1.91 bits per heavy atom. The molecule has 2 atom stereocenters. The van der Waals surface area contributed by atoms with E-state index in [0.717, 1.165) is 21.4 Å². The fourth-order valence-electron chi connectivity index (χ4n) is 2.50. The molecule has 2 nitrogen and oxygen atoms in total. The van der Waals surface area contributed by atoms with Crippen LogP contribution >= 0.6 is 11.3 Å². The van der Waals surface area contributed by atoms with Gasteiger partial charge in [-0.05, 0) is 36.2 Å². The molecule has 4 heteroatoms. The van der Waals surface area contributed by atoms with Gasteiger partial charge in [-0.15, -0.1) is 11.3 Å². The Labute approximate surface area is 133 Å². The van der Waals surface area contributed by atoms with E-state index in [-0.39, 0.29) is 6.54 Å². The molecular formula is C18H18FNOS. The van der Waals surface area contributed by atoms with Gasteiger partial charge in [-0.3, -0.25) is 0 Å². The van der Waals surface area contributed by atoms with Crippen molar-refractivity contribution >= 4 is 21.4 Å². The molecular weight excluding hydrogens is 297 g/mol. The summed E-state index contributed by atoms with van der Waals surface area (Å²) in [6.07, 6.45) is -1.75. The molecule has 0 unspecified atom stereocenters. The average Bonchev–Trinajstić information content (AvgIpc) is 3.03. The van der Waals surface area contributed by atoms with Crippen molar-refractivity contribution in [3.63, 3.8) is 0 Å². The highest BCUT2D eigenvalue weighted by Crippen LogP contribution is 2.34. The third-order valence-electron chi connectivity index (χ3n) is 3.57. The van der Waals surface area contributed by atoms with E-state index in [0.29, 0.717) is 0 Å². The zero-order chi connectivity index (χ0) is 15.4.